The van der Waals surface area contributed by atoms with E-state index in [-0.39, 0.29) is 5.41 Å². The zero-order valence-electron chi connectivity index (χ0n) is 15.1. The van der Waals surface area contributed by atoms with E-state index in [9.17, 15) is 5.11 Å². The topological polar surface area (TPSA) is 20.2 Å². The molecule has 1 aromatic carbocycles. The Kier molecular flexibility index (Phi) is 3.38. The number of phenolic OH excluding ortho intramolecular Hbond substituents is 1. The maximum atomic E-state index is 10.7. The predicted octanol–water partition coefficient (Wildman–Crippen LogP) is 5.98. The maximum Gasteiger partial charge on any atom is 0.119 e. The van der Waals surface area contributed by atoms with Crippen LogP contribution in [-0.4, -0.2) is 5.11 Å². The molecule has 1 nitrogen and oxygen atoms in total. The first kappa shape index (κ1) is 15.5. The number of rotatable bonds is 4. The lowest BCUT2D eigenvalue weighted by atomic mass is 9.39. The zero-order chi connectivity index (χ0) is 16.3. The fourth-order valence-electron chi connectivity index (χ4n) is 7.29. The van der Waals surface area contributed by atoms with E-state index >= 15 is 0 Å². The molecule has 1 aromatic rings. The van der Waals surface area contributed by atoms with Crippen LogP contribution in [0.1, 0.15) is 83.3 Å². The minimum absolute atomic E-state index is 0.245. The lowest BCUT2D eigenvalue weighted by molar-refractivity contribution is -0.110. The number of aromatic hydroxyl groups is 1. The second-order valence-electron chi connectivity index (χ2n) is 9.87. The van der Waals surface area contributed by atoms with Gasteiger partial charge in [0.2, 0.25) is 0 Å². The van der Waals surface area contributed by atoms with Crippen LogP contribution in [0.5, 0.6) is 5.75 Å². The van der Waals surface area contributed by atoms with E-state index in [0.717, 1.165) is 12.3 Å². The highest BCUT2D eigenvalue weighted by Gasteiger charge is 2.60. The van der Waals surface area contributed by atoms with E-state index in [0.29, 0.717) is 16.6 Å². The Hall–Kier alpha value is -0.980. The summed E-state index contributed by atoms with van der Waals surface area (Å²) in [7, 11) is 0. The molecule has 2 atom stereocenters. The van der Waals surface area contributed by atoms with Crippen LogP contribution in [0.3, 0.4) is 0 Å². The molecular weight excluding hydrogens is 280 g/mol. The summed E-state index contributed by atoms with van der Waals surface area (Å²) in [4.78, 5) is 0. The number of hydrogen-bond acceptors (Lipinski definition) is 1. The molecule has 2 unspecified atom stereocenters. The van der Waals surface area contributed by atoms with Crippen molar-refractivity contribution in [1.82, 2.24) is 0 Å². The number of unbranched alkanes of at least 4 members (excludes halogenated alkanes) is 1. The molecule has 126 valence electrons. The molecule has 4 aliphatic rings. The molecule has 0 saturated heterocycles. The van der Waals surface area contributed by atoms with Crippen LogP contribution in [0.25, 0.3) is 0 Å². The van der Waals surface area contributed by atoms with Crippen LogP contribution in [0, 0.1) is 16.7 Å². The number of hydrogen-bond donors (Lipinski definition) is 1. The number of benzene rings is 1. The van der Waals surface area contributed by atoms with Crippen molar-refractivity contribution in [2.75, 3.05) is 0 Å². The van der Waals surface area contributed by atoms with E-state index in [4.69, 9.17) is 0 Å². The smallest absolute Gasteiger partial charge is 0.119 e. The highest BCUT2D eigenvalue weighted by Crippen LogP contribution is 2.70. The van der Waals surface area contributed by atoms with Crippen LogP contribution in [0.4, 0.5) is 0 Å². The summed E-state index contributed by atoms with van der Waals surface area (Å²) in [5, 5.41) is 10.7. The zero-order valence-corrected chi connectivity index (χ0v) is 15.1. The minimum Gasteiger partial charge on any atom is -0.508 e. The first-order valence-electron chi connectivity index (χ1n) is 9.68. The molecule has 0 aliphatic heterocycles. The first-order chi connectivity index (χ1) is 10.9. The van der Waals surface area contributed by atoms with Gasteiger partial charge >= 0.3 is 0 Å². The van der Waals surface area contributed by atoms with Crippen molar-refractivity contribution >= 4 is 0 Å². The maximum absolute atomic E-state index is 10.7. The van der Waals surface area contributed by atoms with E-state index in [1.54, 1.807) is 0 Å². The van der Waals surface area contributed by atoms with Gasteiger partial charge in [-0.25, -0.2) is 0 Å². The Labute approximate surface area is 141 Å². The van der Waals surface area contributed by atoms with Crippen LogP contribution < -0.4 is 0 Å². The van der Waals surface area contributed by atoms with Gasteiger partial charge in [0.05, 0.1) is 0 Å². The van der Waals surface area contributed by atoms with Gasteiger partial charge in [0.15, 0.2) is 0 Å². The monoisotopic (exact) mass is 312 g/mol. The molecule has 4 bridgehead atoms. The standard InChI is InChI=1S/C22H32O/c1-4-5-6-16-7-8-19(23)18(9-16)22-12-17-10-20(2,14-22)13-21(3,11-17)15-22/h7-9,17,23H,4-6,10-15H2,1-3H3. The van der Waals surface area contributed by atoms with Crippen molar-refractivity contribution in [3.05, 3.63) is 29.3 Å². The molecule has 0 heterocycles. The van der Waals surface area contributed by atoms with E-state index in [1.165, 1.54) is 62.5 Å². The lowest BCUT2D eigenvalue weighted by Crippen LogP contribution is -2.56. The van der Waals surface area contributed by atoms with Crippen molar-refractivity contribution in [3.8, 4) is 5.75 Å². The molecule has 4 aliphatic carbocycles. The van der Waals surface area contributed by atoms with Crippen molar-refractivity contribution in [2.45, 2.75) is 84.0 Å². The Morgan fingerprint density at radius 3 is 2.35 bits per heavy atom. The van der Waals surface area contributed by atoms with Crippen molar-refractivity contribution in [2.24, 2.45) is 16.7 Å². The third-order valence-electron chi connectivity index (χ3n) is 7.08. The predicted molar refractivity (Wildman–Crippen MR) is 95.8 cm³/mol. The number of aryl methyl sites for hydroxylation is 1. The van der Waals surface area contributed by atoms with Gasteiger partial charge in [-0.05, 0) is 79.7 Å². The van der Waals surface area contributed by atoms with E-state index in [1.807, 2.05) is 6.07 Å². The molecule has 5 rings (SSSR count). The SMILES string of the molecule is CCCCc1ccc(O)c(C23CC4CC(C)(CC(C)(C4)C2)C3)c1. The van der Waals surface area contributed by atoms with Crippen LogP contribution in [0.15, 0.2) is 18.2 Å². The lowest BCUT2D eigenvalue weighted by Gasteiger charge is -2.65. The Balaban J connectivity index is 1.75. The summed E-state index contributed by atoms with van der Waals surface area (Å²) in [6, 6.07) is 6.48. The van der Waals surface area contributed by atoms with Crippen LogP contribution in [-0.2, 0) is 11.8 Å². The summed E-state index contributed by atoms with van der Waals surface area (Å²) in [6.07, 6.45) is 11.7. The molecule has 23 heavy (non-hydrogen) atoms. The average molecular weight is 312 g/mol. The van der Waals surface area contributed by atoms with Crippen molar-refractivity contribution < 1.29 is 5.11 Å². The molecule has 0 aromatic heterocycles. The van der Waals surface area contributed by atoms with Crippen molar-refractivity contribution in [3.63, 3.8) is 0 Å². The van der Waals surface area contributed by atoms with Gasteiger partial charge in [0.1, 0.15) is 5.75 Å². The third kappa shape index (κ3) is 2.51. The van der Waals surface area contributed by atoms with Gasteiger partial charge in [0, 0.05) is 11.0 Å². The summed E-state index contributed by atoms with van der Waals surface area (Å²) >= 11 is 0. The highest BCUT2D eigenvalue weighted by molar-refractivity contribution is 5.44. The molecule has 1 heteroatoms. The van der Waals surface area contributed by atoms with Crippen LogP contribution >= 0.6 is 0 Å². The highest BCUT2D eigenvalue weighted by atomic mass is 16.3. The van der Waals surface area contributed by atoms with E-state index < -0.39 is 0 Å². The second-order valence-corrected chi connectivity index (χ2v) is 9.87. The fourth-order valence-corrected chi connectivity index (χ4v) is 7.29. The molecule has 1 N–H and O–H groups in total. The molecule has 0 spiro atoms. The van der Waals surface area contributed by atoms with Gasteiger partial charge in [-0.1, -0.05) is 39.3 Å². The Morgan fingerprint density at radius 2 is 1.74 bits per heavy atom. The Morgan fingerprint density at radius 1 is 1.04 bits per heavy atom. The summed E-state index contributed by atoms with van der Waals surface area (Å²) < 4.78 is 0. The van der Waals surface area contributed by atoms with Gasteiger partial charge in [-0.3, -0.25) is 0 Å². The van der Waals surface area contributed by atoms with E-state index in [2.05, 4.69) is 32.9 Å². The molecular formula is C22H32O. The summed E-state index contributed by atoms with van der Waals surface area (Å²) in [5.41, 5.74) is 3.95. The molecule has 4 fully saturated rings. The minimum atomic E-state index is 0.245. The molecule has 0 radical (unpaired) electrons. The van der Waals surface area contributed by atoms with Gasteiger partial charge in [0.25, 0.3) is 0 Å². The summed E-state index contributed by atoms with van der Waals surface area (Å²) in [5.74, 6) is 1.43. The normalized spacial score (nSPS) is 41.4. The second kappa shape index (κ2) is 5.01. The number of phenols is 1. The average Bonchev–Trinajstić information content (AvgIpc) is 2.42. The molecule has 4 saturated carbocycles. The van der Waals surface area contributed by atoms with Gasteiger partial charge in [-0.2, -0.15) is 0 Å². The van der Waals surface area contributed by atoms with Crippen molar-refractivity contribution in [1.29, 1.82) is 0 Å². The first-order valence-corrected chi connectivity index (χ1v) is 9.68. The van der Waals surface area contributed by atoms with Gasteiger partial charge in [-0.15, -0.1) is 0 Å². The molecule has 0 amide bonds. The largest absolute Gasteiger partial charge is 0.508 e. The van der Waals surface area contributed by atoms with Gasteiger partial charge < -0.3 is 5.11 Å². The Bertz CT molecular complexity index is 598. The summed E-state index contributed by atoms with van der Waals surface area (Å²) in [6.45, 7) is 7.28. The third-order valence-corrected chi connectivity index (χ3v) is 7.08. The quantitative estimate of drug-likeness (QED) is 0.724. The fraction of sp³-hybridized carbons (Fsp3) is 0.727. The van der Waals surface area contributed by atoms with Crippen LogP contribution in [0.2, 0.25) is 0 Å².